The van der Waals surface area contributed by atoms with Crippen LogP contribution in [-0.2, 0) is 19.1 Å². The average Bonchev–Trinajstić information content (AvgIpc) is 3.32. The van der Waals surface area contributed by atoms with Crippen LogP contribution in [0.2, 0.25) is 0 Å². The molecule has 9 heteroatoms. The number of likely N-dealkylation sites (N-methyl/N-ethyl adjacent to an activating group) is 1. The molecule has 0 spiro atoms. The Bertz CT molecular complexity index is 1080. The van der Waals surface area contributed by atoms with E-state index in [9.17, 15) is 19.5 Å². The molecule has 198 valence electrons. The van der Waals surface area contributed by atoms with Crippen LogP contribution in [0, 0.1) is 28.6 Å². The smallest absolute Gasteiger partial charge is 0.324 e. The van der Waals surface area contributed by atoms with Crippen LogP contribution in [0.1, 0.15) is 52.9 Å². The second-order valence-electron chi connectivity index (χ2n) is 12.1. The van der Waals surface area contributed by atoms with Gasteiger partial charge in [-0.25, -0.2) is 8.78 Å². The number of aliphatic hydroxyl groups is 1. The number of alkyl halides is 2. The van der Waals surface area contributed by atoms with Gasteiger partial charge < -0.3 is 9.84 Å². The van der Waals surface area contributed by atoms with Crippen molar-refractivity contribution in [3.05, 3.63) is 23.8 Å². The molecule has 0 aromatic carbocycles. The number of hydrogen-bond acceptors (Lipinski definition) is 6. The minimum Gasteiger partial charge on any atom is -0.448 e. The SMILES string of the molecule is C[C@@H]1C[C@H]2[C@@H]3C[C@H](F)C4=CC(=O)C=C[C@]4(C)[C@@]3(F)[C@@H](O)C[C@]2(C)[C@@]1(OC(=O)[C@@H]1CCCN1C)C(=O)S. The Labute approximate surface area is 215 Å². The summed E-state index contributed by atoms with van der Waals surface area (Å²) in [5.41, 5.74) is -6.54. The molecule has 5 rings (SSSR count). The van der Waals surface area contributed by atoms with Crippen molar-refractivity contribution in [3.63, 3.8) is 0 Å². The topological polar surface area (TPSA) is 83.9 Å². The summed E-state index contributed by atoms with van der Waals surface area (Å²) in [7, 11) is 1.83. The van der Waals surface area contributed by atoms with E-state index in [0.717, 1.165) is 19.0 Å². The number of fused-ring (bicyclic) bond motifs is 5. The summed E-state index contributed by atoms with van der Waals surface area (Å²) in [6.45, 7) is 5.82. The Morgan fingerprint density at radius 3 is 2.56 bits per heavy atom. The molecule has 36 heavy (non-hydrogen) atoms. The molecule has 0 radical (unpaired) electrons. The number of rotatable bonds is 3. The number of thiol groups is 1. The van der Waals surface area contributed by atoms with Gasteiger partial charge in [0, 0.05) is 22.7 Å². The molecule has 0 aromatic heterocycles. The molecule has 3 saturated carbocycles. The Morgan fingerprint density at radius 2 is 1.94 bits per heavy atom. The first-order chi connectivity index (χ1) is 16.7. The van der Waals surface area contributed by atoms with Crippen molar-refractivity contribution in [1.29, 1.82) is 0 Å². The summed E-state index contributed by atoms with van der Waals surface area (Å²) in [5.74, 6) is -2.93. The lowest BCUT2D eigenvalue weighted by molar-refractivity contribution is -0.229. The van der Waals surface area contributed by atoms with E-state index >= 15 is 8.78 Å². The second-order valence-corrected chi connectivity index (χ2v) is 12.5. The molecule has 1 aliphatic heterocycles. The Hall–Kier alpha value is -1.58. The number of ketones is 1. The Kier molecular flexibility index (Phi) is 5.94. The maximum Gasteiger partial charge on any atom is 0.324 e. The second kappa shape index (κ2) is 8.21. The molecule has 10 atom stereocenters. The van der Waals surface area contributed by atoms with Crippen LogP contribution in [0.15, 0.2) is 23.8 Å². The van der Waals surface area contributed by atoms with Gasteiger partial charge in [-0.2, -0.15) is 0 Å². The van der Waals surface area contributed by atoms with Gasteiger partial charge in [0.1, 0.15) is 12.2 Å². The van der Waals surface area contributed by atoms with Crippen molar-refractivity contribution in [2.45, 2.75) is 82.5 Å². The normalized spacial score (nSPS) is 50.2. The van der Waals surface area contributed by atoms with E-state index in [0.29, 0.717) is 12.8 Å². The number of allylic oxidation sites excluding steroid dienone is 4. The van der Waals surface area contributed by atoms with Gasteiger partial charge in [0.25, 0.3) is 0 Å². The van der Waals surface area contributed by atoms with Crippen molar-refractivity contribution >= 4 is 29.5 Å². The van der Waals surface area contributed by atoms with E-state index < -0.39 is 75.0 Å². The number of esters is 1. The van der Waals surface area contributed by atoms with Crippen LogP contribution in [0.5, 0.6) is 0 Å². The predicted molar refractivity (Wildman–Crippen MR) is 132 cm³/mol. The van der Waals surface area contributed by atoms with Gasteiger partial charge in [0.05, 0.1) is 6.10 Å². The largest absolute Gasteiger partial charge is 0.448 e. The predicted octanol–water partition coefficient (Wildman–Crippen LogP) is 3.38. The molecule has 4 fully saturated rings. The molecule has 0 aromatic rings. The number of likely N-dealkylation sites (tertiary alicyclic amines) is 1. The Balaban J connectivity index is 1.59. The molecular weight excluding hydrogens is 488 g/mol. The average molecular weight is 524 g/mol. The third-order valence-electron chi connectivity index (χ3n) is 10.5. The van der Waals surface area contributed by atoms with Crippen LogP contribution in [0.25, 0.3) is 0 Å². The van der Waals surface area contributed by atoms with E-state index in [4.69, 9.17) is 4.74 Å². The van der Waals surface area contributed by atoms with E-state index in [1.807, 2.05) is 11.9 Å². The van der Waals surface area contributed by atoms with Gasteiger partial charge in [-0.15, -0.1) is 12.6 Å². The number of nitrogens with zero attached hydrogens (tertiary/aromatic N) is 1. The van der Waals surface area contributed by atoms with Gasteiger partial charge in [-0.1, -0.05) is 19.9 Å². The molecule has 0 unspecified atom stereocenters. The number of aliphatic hydroxyl groups excluding tert-OH is 1. The van der Waals surface area contributed by atoms with Crippen LogP contribution in [0.4, 0.5) is 8.78 Å². The minimum atomic E-state index is -2.26. The highest BCUT2D eigenvalue weighted by molar-refractivity contribution is 7.96. The van der Waals surface area contributed by atoms with Gasteiger partial charge in [-0.05, 0) is 76.3 Å². The van der Waals surface area contributed by atoms with Crippen LogP contribution < -0.4 is 0 Å². The Morgan fingerprint density at radius 1 is 1.25 bits per heavy atom. The van der Waals surface area contributed by atoms with Crippen molar-refractivity contribution in [3.8, 4) is 0 Å². The summed E-state index contributed by atoms with van der Waals surface area (Å²) in [6.07, 6.45) is 2.02. The third kappa shape index (κ3) is 3.05. The van der Waals surface area contributed by atoms with E-state index in [1.165, 1.54) is 19.1 Å². The zero-order valence-corrected chi connectivity index (χ0v) is 22.1. The molecule has 5 aliphatic rings. The zero-order valence-electron chi connectivity index (χ0n) is 21.2. The number of ether oxygens (including phenoxy) is 1. The quantitative estimate of drug-likeness (QED) is 0.436. The van der Waals surface area contributed by atoms with Crippen molar-refractivity contribution < 1.29 is 33.0 Å². The number of carbonyl (C=O) groups excluding carboxylic acids is 3. The van der Waals surface area contributed by atoms with Crippen LogP contribution in [-0.4, -0.2) is 70.1 Å². The molecule has 0 bridgehead atoms. The van der Waals surface area contributed by atoms with Crippen molar-refractivity contribution in [1.82, 2.24) is 4.90 Å². The molecule has 1 N–H and O–H groups in total. The molecule has 0 amide bonds. The molecule has 4 aliphatic carbocycles. The fourth-order valence-corrected chi connectivity index (χ4v) is 9.20. The summed E-state index contributed by atoms with van der Waals surface area (Å²) in [4.78, 5) is 40.5. The third-order valence-corrected chi connectivity index (χ3v) is 10.9. The summed E-state index contributed by atoms with van der Waals surface area (Å²) in [5, 5.41) is 10.9. The first-order valence-corrected chi connectivity index (χ1v) is 13.3. The van der Waals surface area contributed by atoms with Gasteiger partial charge >= 0.3 is 5.97 Å². The van der Waals surface area contributed by atoms with Crippen LogP contribution in [0.3, 0.4) is 0 Å². The maximum absolute atomic E-state index is 17.3. The van der Waals surface area contributed by atoms with Crippen LogP contribution >= 0.6 is 12.6 Å². The molecular formula is C27H35F2NO5S. The maximum atomic E-state index is 17.3. The highest BCUT2D eigenvalue weighted by Crippen LogP contribution is 2.71. The van der Waals surface area contributed by atoms with Crippen molar-refractivity contribution in [2.24, 2.45) is 28.6 Å². The highest BCUT2D eigenvalue weighted by Gasteiger charge is 2.78. The number of carbonyl (C=O) groups is 3. The van der Waals surface area contributed by atoms with Gasteiger partial charge in [0.2, 0.25) is 5.12 Å². The lowest BCUT2D eigenvalue weighted by Gasteiger charge is -2.63. The molecule has 6 nitrogen and oxygen atoms in total. The van der Waals surface area contributed by atoms with E-state index in [2.05, 4.69) is 12.6 Å². The molecule has 1 saturated heterocycles. The van der Waals surface area contributed by atoms with Gasteiger partial charge in [0.15, 0.2) is 17.1 Å². The standard InChI is InChI=1S/C27H35F2NO5S/c1-14-10-16-17-12-19(28)18-11-15(31)7-8-24(18,2)26(17,29)21(32)13-25(16,3)27(14,23(34)36)35-22(33)20-6-5-9-30(20)4/h7-8,11,14,16-17,19-21,32H,5-6,9-10,12-13H2,1-4H3,(H,34,36)/t14-,16+,17+,19+,20+,21+,24+,25+,26+,27+/m1/s1. The first kappa shape index (κ1) is 26.0. The van der Waals surface area contributed by atoms with E-state index in [1.54, 1.807) is 13.8 Å². The minimum absolute atomic E-state index is 0.0506. The highest BCUT2D eigenvalue weighted by atomic mass is 32.1. The molecule has 1 heterocycles. The summed E-state index contributed by atoms with van der Waals surface area (Å²) < 4.78 is 39.1. The fourth-order valence-electron chi connectivity index (χ4n) is 8.68. The number of halogens is 2. The van der Waals surface area contributed by atoms with E-state index in [-0.39, 0.29) is 18.4 Å². The van der Waals surface area contributed by atoms with Gasteiger partial charge in [-0.3, -0.25) is 19.3 Å². The van der Waals surface area contributed by atoms with Crippen molar-refractivity contribution in [2.75, 3.05) is 13.6 Å². The number of hydrogen-bond donors (Lipinski definition) is 2. The lowest BCUT2D eigenvalue weighted by atomic mass is 9.44. The zero-order chi connectivity index (χ0) is 26.4. The monoisotopic (exact) mass is 523 g/mol. The fraction of sp³-hybridized carbons (Fsp3) is 0.741. The summed E-state index contributed by atoms with van der Waals surface area (Å²) >= 11 is 4.20. The first-order valence-electron chi connectivity index (χ1n) is 12.9. The summed E-state index contributed by atoms with van der Waals surface area (Å²) in [6, 6.07) is -0.486. The lowest BCUT2D eigenvalue weighted by Crippen LogP contribution is -2.70.